The molecule has 2 heteroatoms. The molecular formula is C24H33ClO. The number of rotatable bonds is 6. The third kappa shape index (κ3) is 5.46. The molecule has 0 aliphatic heterocycles. The van der Waals surface area contributed by atoms with Crippen LogP contribution in [0.2, 0.25) is 0 Å². The number of hydrogen-bond acceptors (Lipinski definition) is 1. The summed E-state index contributed by atoms with van der Waals surface area (Å²) in [7, 11) is 0. The molecule has 3 rings (SSSR count). The number of carbonyl (C=O) groups is 1. The van der Waals surface area contributed by atoms with E-state index in [1.165, 1.54) is 75.8 Å². The number of allylic oxidation sites excluding steroid dienone is 1. The molecule has 1 aromatic rings. The Morgan fingerprint density at radius 2 is 1.54 bits per heavy atom. The van der Waals surface area contributed by atoms with Crippen molar-refractivity contribution in [1.82, 2.24) is 0 Å². The molecule has 0 saturated heterocycles. The minimum Gasteiger partial charge on any atom is -0.276 e. The second-order valence-corrected chi connectivity index (χ2v) is 8.86. The molecule has 0 radical (unpaired) electrons. The lowest BCUT2D eigenvalue weighted by Crippen LogP contribution is -2.25. The molecule has 142 valence electrons. The fourth-order valence-electron chi connectivity index (χ4n) is 5.32. The first kappa shape index (κ1) is 19.7. The van der Waals surface area contributed by atoms with Crippen LogP contribution in [0.1, 0.15) is 88.2 Å². The summed E-state index contributed by atoms with van der Waals surface area (Å²) in [6.45, 7) is 2.33. The molecule has 1 nitrogen and oxygen atoms in total. The maximum absolute atomic E-state index is 10.8. The van der Waals surface area contributed by atoms with Crippen LogP contribution >= 0.6 is 11.6 Å². The lowest BCUT2D eigenvalue weighted by Gasteiger charge is -2.38. The Balaban J connectivity index is 1.47. The quantitative estimate of drug-likeness (QED) is 0.377. The number of hydrogen-bond donors (Lipinski definition) is 0. The topological polar surface area (TPSA) is 17.1 Å². The molecule has 0 N–H and O–H groups in total. The Morgan fingerprint density at radius 1 is 0.962 bits per heavy atom. The third-order valence-electron chi connectivity index (χ3n) is 6.84. The zero-order valence-electron chi connectivity index (χ0n) is 16.1. The Bertz CT molecular complexity index is 587. The SMILES string of the molecule is CCCC1CCC(C2CCC(c3ccc(C=CC(=O)Cl)cc3)CC2)CC1. The van der Waals surface area contributed by atoms with E-state index in [2.05, 4.69) is 31.2 Å². The van der Waals surface area contributed by atoms with Crippen LogP contribution < -0.4 is 0 Å². The van der Waals surface area contributed by atoms with Gasteiger partial charge in [-0.2, -0.15) is 0 Å². The summed E-state index contributed by atoms with van der Waals surface area (Å²) in [6.07, 6.45) is 17.5. The van der Waals surface area contributed by atoms with Crippen molar-refractivity contribution < 1.29 is 4.79 Å². The Hall–Kier alpha value is -1.08. The van der Waals surface area contributed by atoms with Crippen molar-refractivity contribution in [2.24, 2.45) is 17.8 Å². The van der Waals surface area contributed by atoms with Crippen LogP contribution in [0.15, 0.2) is 30.3 Å². The fraction of sp³-hybridized carbons (Fsp3) is 0.625. The molecule has 2 aliphatic carbocycles. The minimum absolute atomic E-state index is 0.420. The highest BCUT2D eigenvalue weighted by Gasteiger charge is 2.30. The molecule has 26 heavy (non-hydrogen) atoms. The van der Waals surface area contributed by atoms with Gasteiger partial charge in [-0.25, -0.2) is 0 Å². The second kappa shape index (κ2) is 9.74. The van der Waals surface area contributed by atoms with Crippen LogP contribution in [-0.2, 0) is 4.79 Å². The molecular weight excluding hydrogens is 340 g/mol. The first-order chi connectivity index (χ1) is 12.7. The van der Waals surface area contributed by atoms with E-state index in [1.807, 2.05) is 0 Å². The van der Waals surface area contributed by atoms with Gasteiger partial charge in [0.1, 0.15) is 0 Å². The van der Waals surface area contributed by atoms with Crippen molar-refractivity contribution in [2.45, 2.75) is 77.0 Å². The van der Waals surface area contributed by atoms with Crippen LogP contribution in [0, 0.1) is 17.8 Å². The maximum atomic E-state index is 10.8. The van der Waals surface area contributed by atoms with Gasteiger partial charge in [0.05, 0.1) is 0 Å². The monoisotopic (exact) mass is 372 g/mol. The van der Waals surface area contributed by atoms with Gasteiger partial charge in [-0.1, -0.05) is 62.9 Å². The highest BCUT2D eigenvalue weighted by molar-refractivity contribution is 6.66. The second-order valence-electron chi connectivity index (χ2n) is 8.49. The average Bonchev–Trinajstić information content (AvgIpc) is 2.68. The number of benzene rings is 1. The number of carbonyl (C=O) groups excluding carboxylic acids is 1. The molecule has 0 atom stereocenters. The van der Waals surface area contributed by atoms with Crippen molar-refractivity contribution in [2.75, 3.05) is 0 Å². The van der Waals surface area contributed by atoms with Gasteiger partial charge in [-0.05, 0) is 91.0 Å². The van der Waals surface area contributed by atoms with Gasteiger partial charge in [0.15, 0.2) is 0 Å². The molecule has 2 saturated carbocycles. The molecule has 0 spiro atoms. The van der Waals surface area contributed by atoms with Gasteiger partial charge in [-0.15, -0.1) is 0 Å². The summed E-state index contributed by atoms with van der Waals surface area (Å²) in [5.74, 6) is 3.72. The van der Waals surface area contributed by atoms with Crippen LogP contribution in [-0.4, -0.2) is 5.24 Å². The van der Waals surface area contributed by atoms with Crippen LogP contribution in [0.3, 0.4) is 0 Å². The Kier molecular flexibility index (Phi) is 7.37. The first-order valence-electron chi connectivity index (χ1n) is 10.6. The maximum Gasteiger partial charge on any atom is 0.245 e. The summed E-state index contributed by atoms with van der Waals surface area (Å²) in [4.78, 5) is 10.8. The van der Waals surface area contributed by atoms with Crippen LogP contribution in [0.25, 0.3) is 6.08 Å². The van der Waals surface area contributed by atoms with E-state index in [-0.39, 0.29) is 0 Å². The van der Waals surface area contributed by atoms with E-state index in [9.17, 15) is 4.79 Å². The van der Waals surface area contributed by atoms with Gasteiger partial charge in [0.25, 0.3) is 0 Å². The van der Waals surface area contributed by atoms with E-state index in [0.717, 1.165) is 29.2 Å². The lowest BCUT2D eigenvalue weighted by atomic mass is 9.68. The van der Waals surface area contributed by atoms with Crippen LogP contribution in [0.5, 0.6) is 0 Å². The van der Waals surface area contributed by atoms with Crippen LogP contribution in [0.4, 0.5) is 0 Å². The summed E-state index contributed by atoms with van der Waals surface area (Å²) in [5.41, 5.74) is 2.50. The van der Waals surface area contributed by atoms with Gasteiger partial charge < -0.3 is 0 Å². The van der Waals surface area contributed by atoms with E-state index >= 15 is 0 Å². The predicted octanol–water partition coefficient (Wildman–Crippen LogP) is 7.35. The molecule has 0 amide bonds. The summed E-state index contributed by atoms with van der Waals surface area (Å²) in [5, 5.41) is -0.420. The van der Waals surface area contributed by atoms with Crippen molar-refractivity contribution in [3.8, 4) is 0 Å². The predicted molar refractivity (Wildman–Crippen MR) is 111 cm³/mol. The van der Waals surface area contributed by atoms with E-state index < -0.39 is 5.24 Å². The smallest absolute Gasteiger partial charge is 0.245 e. The summed E-state index contributed by atoms with van der Waals surface area (Å²) in [6, 6.07) is 8.68. The average molecular weight is 373 g/mol. The highest BCUT2D eigenvalue weighted by Crippen LogP contribution is 2.44. The Labute approximate surface area is 164 Å². The molecule has 1 aromatic carbocycles. The normalized spacial score (nSPS) is 29.8. The lowest BCUT2D eigenvalue weighted by molar-refractivity contribution is -0.107. The van der Waals surface area contributed by atoms with E-state index in [0.29, 0.717) is 0 Å². The van der Waals surface area contributed by atoms with Crippen molar-refractivity contribution in [1.29, 1.82) is 0 Å². The molecule has 2 aliphatic rings. The molecule has 2 fully saturated rings. The minimum atomic E-state index is -0.420. The summed E-state index contributed by atoms with van der Waals surface area (Å²) < 4.78 is 0. The number of halogens is 1. The van der Waals surface area contributed by atoms with Crippen molar-refractivity contribution in [3.63, 3.8) is 0 Å². The van der Waals surface area contributed by atoms with Gasteiger partial charge >= 0.3 is 0 Å². The molecule has 0 unspecified atom stereocenters. The Morgan fingerprint density at radius 3 is 2.08 bits per heavy atom. The zero-order valence-corrected chi connectivity index (χ0v) is 16.9. The third-order valence-corrected chi connectivity index (χ3v) is 6.97. The molecule has 0 heterocycles. The summed E-state index contributed by atoms with van der Waals surface area (Å²) >= 11 is 5.36. The first-order valence-corrected chi connectivity index (χ1v) is 11.0. The van der Waals surface area contributed by atoms with E-state index in [4.69, 9.17) is 11.6 Å². The zero-order chi connectivity index (χ0) is 18.4. The molecule has 0 bridgehead atoms. The van der Waals surface area contributed by atoms with E-state index in [1.54, 1.807) is 6.08 Å². The standard InChI is InChI=1S/C24H33ClO/c1-2-3-18-4-9-20(10-5-18)22-13-15-23(16-14-22)21-11-6-19(7-12-21)8-17-24(25)26/h6-8,11-12,17-18,20,22-23H,2-5,9-10,13-16H2,1H3. The van der Waals surface area contributed by atoms with Crippen molar-refractivity contribution in [3.05, 3.63) is 41.5 Å². The van der Waals surface area contributed by atoms with Gasteiger partial charge in [-0.3, -0.25) is 4.79 Å². The van der Waals surface area contributed by atoms with Gasteiger partial charge in [0, 0.05) is 0 Å². The van der Waals surface area contributed by atoms with Crippen molar-refractivity contribution >= 4 is 22.9 Å². The van der Waals surface area contributed by atoms with Gasteiger partial charge in [0.2, 0.25) is 5.24 Å². The molecule has 0 aromatic heterocycles. The fourth-order valence-corrected chi connectivity index (χ4v) is 5.38. The largest absolute Gasteiger partial charge is 0.276 e. The highest BCUT2D eigenvalue weighted by atomic mass is 35.5.